The van der Waals surface area contributed by atoms with Crippen LogP contribution >= 0.6 is 0 Å². The number of aldehydes is 1. The minimum atomic E-state index is -0.487. The molecule has 0 bridgehead atoms. The van der Waals surface area contributed by atoms with E-state index < -0.39 is 23.4 Å². The Balaban J connectivity index is 0.000000516. The fraction of sp³-hybridized carbons (Fsp3) is 0.842. The number of aliphatic hydroxyl groups excluding tert-OH is 1. The Labute approximate surface area is 162 Å². The van der Waals surface area contributed by atoms with E-state index in [9.17, 15) is 14.4 Å². The third-order valence-electron chi connectivity index (χ3n) is 3.25. The second-order valence-corrected chi connectivity index (χ2v) is 8.50. The Morgan fingerprint density at radius 2 is 1.59 bits per heavy atom. The summed E-state index contributed by atoms with van der Waals surface area (Å²) in [6.07, 6.45) is 3.10. The Kier molecular flexibility index (Phi) is 11.0. The summed E-state index contributed by atoms with van der Waals surface area (Å²) < 4.78 is 10.1. The Morgan fingerprint density at radius 3 is 2.00 bits per heavy atom. The molecule has 27 heavy (non-hydrogen) atoms. The summed E-state index contributed by atoms with van der Waals surface area (Å²) in [5.41, 5.74) is -0.942. The summed E-state index contributed by atoms with van der Waals surface area (Å²) in [5.74, 6) is 0.461. The number of rotatable bonds is 7. The summed E-state index contributed by atoms with van der Waals surface area (Å²) in [6.45, 7) is 11.4. The van der Waals surface area contributed by atoms with Gasteiger partial charge in [-0.2, -0.15) is 0 Å². The average molecular weight is 389 g/mol. The van der Waals surface area contributed by atoms with Crippen LogP contribution in [0.3, 0.4) is 0 Å². The third-order valence-corrected chi connectivity index (χ3v) is 3.25. The van der Waals surface area contributed by atoms with Gasteiger partial charge < -0.3 is 30.0 Å². The number of amides is 2. The summed E-state index contributed by atoms with van der Waals surface area (Å²) in [5, 5.41) is 13.7. The molecule has 8 nitrogen and oxygen atoms in total. The van der Waals surface area contributed by atoms with Crippen molar-refractivity contribution in [2.45, 2.75) is 84.5 Å². The van der Waals surface area contributed by atoms with Crippen LogP contribution in [0.15, 0.2) is 0 Å². The van der Waals surface area contributed by atoms with Gasteiger partial charge in [-0.1, -0.05) is 0 Å². The number of carbonyl (C=O) groups is 3. The summed E-state index contributed by atoms with van der Waals surface area (Å²) in [4.78, 5) is 32.8. The SMILES string of the molecule is CC(C)(C)OC(=O)NC(CC=O)C1CC1.CC(C)(C)OC(=O)NCCCO. The van der Waals surface area contributed by atoms with Gasteiger partial charge in [-0.3, -0.25) is 0 Å². The van der Waals surface area contributed by atoms with Gasteiger partial charge >= 0.3 is 12.2 Å². The molecule has 0 radical (unpaired) electrons. The van der Waals surface area contributed by atoms with E-state index in [2.05, 4.69) is 10.6 Å². The lowest BCUT2D eigenvalue weighted by Gasteiger charge is -2.22. The average Bonchev–Trinajstić information content (AvgIpc) is 3.28. The van der Waals surface area contributed by atoms with Gasteiger partial charge in [-0.05, 0) is 66.7 Å². The predicted octanol–water partition coefficient (Wildman–Crippen LogP) is 2.77. The number of alkyl carbamates (subject to hydrolysis) is 2. The molecule has 0 aromatic carbocycles. The van der Waals surface area contributed by atoms with Crippen LogP contribution in [0, 0.1) is 5.92 Å². The Morgan fingerprint density at radius 1 is 1.07 bits per heavy atom. The van der Waals surface area contributed by atoms with Crippen LogP contribution in [-0.2, 0) is 14.3 Å². The smallest absolute Gasteiger partial charge is 0.407 e. The molecule has 0 aromatic heterocycles. The van der Waals surface area contributed by atoms with Crippen LogP contribution in [0.4, 0.5) is 9.59 Å². The molecule has 1 aliphatic carbocycles. The zero-order valence-corrected chi connectivity index (χ0v) is 17.5. The lowest BCUT2D eigenvalue weighted by Crippen LogP contribution is -2.40. The highest BCUT2D eigenvalue weighted by Gasteiger charge is 2.32. The second kappa shape index (κ2) is 11.8. The van der Waals surface area contributed by atoms with Crippen LogP contribution in [0.25, 0.3) is 0 Å². The third kappa shape index (κ3) is 16.1. The predicted molar refractivity (Wildman–Crippen MR) is 103 cm³/mol. The van der Waals surface area contributed by atoms with Crippen molar-refractivity contribution in [2.75, 3.05) is 13.2 Å². The standard InChI is InChI=1S/C11H19NO3.C8H17NO3/c1-11(2,3)15-10(14)12-9(6-7-13)8-4-5-8;1-8(2,3)12-7(11)9-5-4-6-10/h7-9H,4-6H2,1-3H3,(H,12,14);10H,4-6H2,1-3H3,(H,9,11). The highest BCUT2D eigenvalue weighted by molar-refractivity contribution is 5.69. The fourth-order valence-electron chi connectivity index (χ4n) is 2.01. The van der Waals surface area contributed by atoms with Crippen LogP contribution < -0.4 is 10.6 Å². The molecule has 0 saturated heterocycles. The molecule has 0 aromatic rings. The molecule has 8 heteroatoms. The maximum absolute atomic E-state index is 11.4. The molecule has 2 amide bonds. The van der Waals surface area contributed by atoms with Crippen molar-refractivity contribution in [1.82, 2.24) is 10.6 Å². The molecule has 0 aliphatic heterocycles. The van der Waals surface area contributed by atoms with Crippen molar-refractivity contribution < 1.29 is 29.0 Å². The van der Waals surface area contributed by atoms with Crippen molar-refractivity contribution in [3.63, 3.8) is 0 Å². The first-order valence-corrected chi connectivity index (χ1v) is 9.39. The van der Waals surface area contributed by atoms with Crippen LogP contribution in [-0.4, -0.2) is 54.0 Å². The molecule has 1 saturated carbocycles. The largest absolute Gasteiger partial charge is 0.444 e. The number of hydrogen-bond acceptors (Lipinski definition) is 6. The first-order valence-electron chi connectivity index (χ1n) is 9.39. The van der Waals surface area contributed by atoms with Crippen molar-refractivity contribution >= 4 is 18.5 Å². The number of carbonyl (C=O) groups excluding carboxylic acids is 3. The molecule has 158 valence electrons. The molecule has 1 unspecified atom stereocenters. The molecule has 1 fully saturated rings. The van der Waals surface area contributed by atoms with E-state index in [1.165, 1.54) is 0 Å². The van der Waals surface area contributed by atoms with Gasteiger partial charge in [0.2, 0.25) is 0 Å². The molecular formula is C19H36N2O6. The normalized spacial score (nSPS) is 14.9. The molecule has 3 N–H and O–H groups in total. The van der Waals surface area contributed by atoms with E-state index in [0.29, 0.717) is 25.3 Å². The maximum Gasteiger partial charge on any atom is 0.407 e. The van der Waals surface area contributed by atoms with Crippen molar-refractivity contribution in [3.8, 4) is 0 Å². The number of nitrogens with one attached hydrogen (secondary N) is 2. The molecule has 0 heterocycles. The zero-order chi connectivity index (χ0) is 21.1. The lowest BCUT2D eigenvalue weighted by molar-refractivity contribution is -0.108. The fourth-order valence-corrected chi connectivity index (χ4v) is 2.01. The van der Waals surface area contributed by atoms with Crippen molar-refractivity contribution in [2.24, 2.45) is 5.92 Å². The van der Waals surface area contributed by atoms with E-state index >= 15 is 0 Å². The number of hydrogen-bond donors (Lipinski definition) is 3. The second-order valence-electron chi connectivity index (χ2n) is 8.50. The topological polar surface area (TPSA) is 114 Å². The molecule has 1 atom stereocenters. The first kappa shape index (κ1) is 25.2. The minimum absolute atomic E-state index is 0.0441. The lowest BCUT2D eigenvalue weighted by atomic mass is 10.1. The molecule has 0 spiro atoms. The first-order chi connectivity index (χ1) is 12.4. The monoisotopic (exact) mass is 388 g/mol. The van der Waals surface area contributed by atoms with Gasteiger partial charge in [0.1, 0.15) is 17.5 Å². The summed E-state index contributed by atoms with van der Waals surface area (Å²) in [6, 6.07) is -0.0441. The molecule has 1 rings (SSSR count). The number of ether oxygens (including phenoxy) is 2. The maximum atomic E-state index is 11.4. The van der Waals surface area contributed by atoms with Crippen molar-refractivity contribution in [1.29, 1.82) is 0 Å². The van der Waals surface area contributed by atoms with Gasteiger partial charge in [0, 0.05) is 25.6 Å². The van der Waals surface area contributed by atoms with E-state index in [1.807, 2.05) is 20.8 Å². The molecule has 1 aliphatic rings. The zero-order valence-electron chi connectivity index (χ0n) is 17.5. The van der Waals surface area contributed by atoms with E-state index in [1.54, 1.807) is 20.8 Å². The van der Waals surface area contributed by atoms with Gasteiger partial charge in [0.15, 0.2) is 0 Å². The highest BCUT2D eigenvalue weighted by atomic mass is 16.6. The van der Waals surface area contributed by atoms with Gasteiger partial charge in [-0.25, -0.2) is 9.59 Å². The van der Waals surface area contributed by atoms with Gasteiger partial charge in [0.05, 0.1) is 0 Å². The van der Waals surface area contributed by atoms with Crippen molar-refractivity contribution in [3.05, 3.63) is 0 Å². The Bertz CT molecular complexity index is 464. The van der Waals surface area contributed by atoms with Gasteiger partial charge in [-0.15, -0.1) is 0 Å². The summed E-state index contributed by atoms with van der Waals surface area (Å²) in [7, 11) is 0. The van der Waals surface area contributed by atoms with Crippen LogP contribution in [0.5, 0.6) is 0 Å². The highest BCUT2D eigenvalue weighted by Crippen LogP contribution is 2.33. The van der Waals surface area contributed by atoms with Crippen LogP contribution in [0.2, 0.25) is 0 Å². The van der Waals surface area contributed by atoms with E-state index in [4.69, 9.17) is 14.6 Å². The Hall–Kier alpha value is -1.83. The van der Waals surface area contributed by atoms with E-state index in [0.717, 1.165) is 19.1 Å². The van der Waals surface area contributed by atoms with E-state index in [-0.39, 0.29) is 12.6 Å². The van der Waals surface area contributed by atoms with Gasteiger partial charge in [0.25, 0.3) is 0 Å². The van der Waals surface area contributed by atoms with Crippen LogP contribution in [0.1, 0.15) is 67.2 Å². The number of aliphatic hydroxyl groups is 1. The quantitative estimate of drug-likeness (QED) is 0.456. The molecular weight excluding hydrogens is 352 g/mol. The minimum Gasteiger partial charge on any atom is -0.444 e. The summed E-state index contributed by atoms with van der Waals surface area (Å²) >= 11 is 0.